The van der Waals surface area contributed by atoms with Crippen LogP contribution in [0.15, 0.2) is 48.5 Å². The SMILES string of the molecule is N#Cc1c(-c2ccc3c(c2)OCO3)cc(-c2ccc([N+](=O)[O-])cc2)nc1N. The number of nitro benzene ring substituents is 1. The molecule has 4 rings (SSSR count). The fraction of sp³-hybridized carbons (Fsp3) is 0.0526. The number of non-ortho nitro benzene ring substituents is 1. The van der Waals surface area contributed by atoms with Gasteiger partial charge >= 0.3 is 0 Å². The zero-order valence-corrected chi connectivity index (χ0v) is 13.9. The van der Waals surface area contributed by atoms with Gasteiger partial charge in [-0.3, -0.25) is 10.1 Å². The van der Waals surface area contributed by atoms with Crippen molar-refractivity contribution in [3.05, 3.63) is 64.2 Å². The van der Waals surface area contributed by atoms with Crippen molar-refractivity contribution >= 4 is 11.5 Å². The third-order valence-electron chi connectivity index (χ3n) is 4.22. The lowest BCUT2D eigenvalue weighted by Gasteiger charge is -2.11. The monoisotopic (exact) mass is 360 g/mol. The number of benzene rings is 2. The van der Waals surface area contributed by atoms with Crippen molar-refractivity contribution in [2.24, 2.45) is 0 Å². The van der Waals surface area contributed by atoms with Crippen LogP contribution < -0.4 is 15.2 Å². The van der Waals surface area contributed by atoms with E-state index in [2.05, 4.69) is 11.1 Å². The Kier molecular flexibility index (Phi) is 3.82. The number of hydrogen-bond acceptors (Lipinski definition) is 7. The number of nitro groups is 1. The zero-order valence-electron chi connectivity index (χ0n) is 13.9. The Balaban J connectivity index is 1.84. The molecule has 0 fully saturated rings. The predicted molar refractivity (Wildman–Crippen MR) is 97.0 cm³/mol. The van der Waals surface area contributed by atoms with Crippen LogP contribution in [-0.2, 0) is 0 Å². The maximum atomic E-state index is 10.8. The molecule has 0 unspecified atom stereocenters. The molecule has 0 saturated carbocycles. The van der Waals surface area contributed by atoms with Crippen LogP contribution >= 0.6 is 0 Å². The molecule has 0 saturated heterocycles. The minimum Gasteiger partial charge on any atom is -0.454 e. The smallest absolute Gasteiger partial charge is 0.269 e. The van der Waals surface area contributed by atoms with E-state index in [1.54, 1.807) is 30.3 Å². The van der Waals surface area contributed by atoms with Gasteiger partial charge in [0.1, 0.15) is 17.5 Å². The van der Waals surface area contributed by atoms with Crippen LogP contribution in [0.25, 0.3) is 22.4 Å². The standard InChI is InChI=1S/C19H12N4O4/c20-9-15-14(12-3-6-17-18(7-12)27-10-26-17)8-16(22-19(15)21)11-1-4-13(5-2-11)23(24)25/h1-8H,10H2,(H2,21,22). The summed E-state index contributed by atoms with van der Waals surface area (Å²) in [6, 6.07) is 15.1. The molecule has 0 amide bonds. The average Bonchev–Trinajstić information content (AvgIpc) is 3.15. The summed E-state index contributed by atoms with van der Waals surface area (Å²) >= 11 is 0. The van der Waals surface area contributed by atoms with E-state index in [4.69, 9.17) is 15.2 Å². The van der Waals surface area contributed by atoms with Gasteiger partial charge in [-0.2, -0.15) is 5.26 Å². The van der Waals surface area contributed by atoms with E-state index < -0.39 is 4.92 Å². The van der Waals surface area contributed by atoms with E-state index in [-0.39, 0.29) is 23.9 Å². The molecular formula is C19H12N4O4. The van der Waals surface area contributed by atoms with Crippen molar-refractivity contribution in [3.8, 4) is 40.0 Å². The highest BCUT2D eigenvalue weighted by Crippen LogP contribution is 2.38. The molecule has 0 radical (unpaired) electrons. The molecule has 2 aromatic carbocycles. The summed E-state index contributed by atoms with van der Waals surface area (Å²) < 4.78 is 10.7. The summed E-state index contributed by atoms with van der Waals surface area (Å²) in [5, 5.41) is 20.3. The normalized spacial score (nSPS) is 11.8. The number of ether oxygens (including phenoxy) is 2. The molecule has 0 bridgehead atoms. The number of anilines is 1. The Bertz CT molecular complexity index is 1100. The highest BCUT2D eigenvalue weighted by molar-refractivity contribution is 5.81. The Morgan fingerprint density at radius 2 is 1.78 bits per heavy atom. The number of nitrogen functional groups attached to an aromatic ring is 1. The highest BCUT2D eigenvalue weighted by atomic mass is 16.7. The Labute approximate surface area is 153 Å². The van der Waals surface area contributed by atoms with Gasteiger partial charge in [0.2, 0.25) is 6.79 Å². The van der Waals surface area contributed by atoms with E-state index in [0.29, 0.717) is 28.3 Å². The van der Waals surface area contributed by atoms with E-state index >= 15 is 0 Å². The summed E-state index contributed by atoms with van der Waals surface area (Å²) in [6.45, 7) is 0.149. The fourth-order valence-electron chi connectivity index (χ4n) is 2.88. The molecule has 0 atom stereocenters. The van der Waals surface area contributed by atoms with Gasteiger partial charge in [0.25, 0.3) is 5.69 Å². The number of aromatic nitrogens is 1. The molecule has 0 spiro atoms. The molecule has 8 heteroatoms. The van der Waals surface area contributed by atoms with E-state index in [1.165, 1.54) is 12.1 Å². The maximum Gasteiger partial charge on any atom is 0.269 e. The van der Waals surface area contributed by atoms with Crippen molar-refractivity contribution in [3.63, 3.8) is 0 Å². The van der Waals surface area contributed by atoms with Crippen molar-refractivity contribution in [1.82, 2.24) is 4.98 Å². The van der Waals surface area contributed by atoms with Gasteiger partial charge in [0.05, 0.1) is 10.6 Å². The average molecular weight is 360 g/mol. The van der Waals surface area contributed by atoms with Crippen molar-refractivity contribution in [2.45, 2.75) is 0 Å². The van der Waals surface area contributed by atoms with Crippen LogP contribution in [0.5, 0.6) is 11.5 Å². The minimum atomic E-state index is -0.470. The van der Waals surface area contributed by atoms with E-state index in [9.17, 15) is 15.4 Å². The third-order valence-corrected chi connectivity index (χ3v) is 4.22. The first-order chi connectivity index (χ1) is 13.1. The Hall–Kier alpha value is -4.12. The second-order valence-corrected chi connectivity index (χ2v) is 5.80. The lowest BCUT2D eigenvalue weighted by Crippen LogP contribution is -2.00. The van der Waals surface area contributed by atoms with Crippen LogP contribution in [0.2, 0.25) is 0 Å². The number of nitrogens with two attached hydrogens (primary N) is 1. The van der Waals surface area contributed by atoms with Gasteiger partial charge in [-0.25, -0.2) is 4.98 Å². The number of hydrogen-bond donors (Lipinski definition) is 1. The molecule has 3 aromatic rings. The number of fused-ring (bicyclic) bond motifs is 1. The minimum absolute atomic E-state index is 0.0173. The lowest BCUT2D eigenvalue weighted by molar-refractivity contribution is -0.384. The molecule has 2 N–H and O–H groups in total. The molecule has 1 aliphatic heterocycles. The topological polar surface area (TPSA) is 124 Å². The van der Waals surface area contributed by atoms with Crippen molar-refractivity contribution < 1.29 is 14.4 Å². The summed E-state index contributed by atoms with van der Waals surface area (Å²) in [4.78, 5) is 14.6. The largest absolute Gasteiger partial charge is 0.454 e. The van der Waals surface area contributed by atoms with Crippen LogP contribution in [0.4, 0.5) is 11.5 Å². The first kappa shape index (κ1) is 16.4. The van der Waals surface area contributed by atoms with Gasteiger partial charge in [-0.1, -0.05) is 6.07 Å². The number of nitrogens with zero attached hydrogens (tertiary/aromatic N) is 3. The first-order valence-electron chi connectivity index (χ1n) is 7.92. The number of nitriles is 1. The fourth-order valence-corrected chi connectivity index (χ4v) is 2.88. The van der Waals surface area contributed by atoms with Crippen molar-refractivity contribution in [1.29, 1.82) is 5.26 Å². The summed E-state index contributed by atoms with van der Waals surface area (Å²) in [6.07, 6.45) is 0. The van der Waals surface area contributed by atoms with Crippen molar-refractivity contribution in [2.75, 3.05) is 12.5 Å². The molecule has 0 aliphatic carbocycles. The molecule has 1 aromatic heterocycles. The van der Waals surface area contributed by atoms with Gasteiger partial charge in [0.15, 0.2) is 11.5 Å². The van der Waals surface area contributed by atoms with Gasteiger partial charge in [0, 0.05) is 23.3 Å². The predicted octanol–water partition coefficient (Wildman–Crippen LogP) is 3.51. The van der Waals surface area contributed by atoms with Crippen LogP contribution in [0, 0.1) is 21.4 Å². The molecule has 132 valence electrons. The van der Waals surface area contributed by atoms with Gasteiger partial charge in [-0.05, 0) is 35.9 Å². The van der Waals surface area contributed by atoms with Crippen LogP contribution in [0.1, 0.15) is 5.56 Å². The van der Waals surface area contributed by atoms with Gasteiger partial charge in [-0.15, -0.1) is 0 Å². The summed E-state index contributed by atoms with van der Waals surface area (Å²) in [5.41, 5.74) is 8.72. The zero-order chi connectivity index (χ0) is 19.0. The maximum absolute atomic E-state index is 10.8. The van der Waals surface area contributed by atoms with E-state index in [0.717, 1.165) is 5.56 Å². The first-order valence-corrected chi connectivity index (χ1v) is 7.92. The van der Waals surface area contributed by atoms with E-state index in [1.807, 2.05) is 6.07 Å². The quantitative estimate of drug-likeness (QED) is 0.560. The van der Waals surface area contributed by atoms with Crippen LogP contribution in [0.3, 0.4) is 0 Å². The molecule has 27 heavy (non-hydrogen) atoms. The third kappa shape index (κ3) is 2.87. The summed E-state index contributed by atoms with van der Waals surface area (Å²) in [5.74, 6) is 1.31. The number of pyridine rings is 1. The number of rotatable bonds is 3. The Morgan fingerprint density at radius 3 is 2.48 bits per heavy atom. The molecule has 8 nitrogen and oxygen atoms in total. The molecule has 1 aliphatic rings. The van der Waals surface area contributed by atoms with Gasteiger partial charge < -0.3 is 15.2 Å². The van der Waals surface area contributed by atoms with Crippen LogP contribution in [-0.4, -0.2) is 16.7 Å². The molecule has 2 heterocycles. The summed E-state index contributed by atoms with van der Waals surface area (Å²) in [7, 11) is 0. The lowest BCUT2D eigenvalue weighted by atomic mass is 9.98. The second-order valence-electron chi connectivity index (χ2n) is 5.80. The Morgan fingerprint density at radius 1 is 1.07 bits per heavy atom. The molecular weight excluding hydrogens is 348 g/mol. The highest BCUT2D eigenvalue weighted by Gasteiger charge is 2.18. The second kappa shape index (κ2) is 6.31.